The second-order valence-corrected chi connectivity index (χ2v) is 7.53. The van der Waals surface area contributed by atoms with Crippen molar-refractivity contribution in [3.8, 4) is 0 Å². The van der Waals surface area contributed by atoms with Gasteiger partial charge in [-0.1, -0.05) is 28.9 Å². The quantitative estimate of drug-likeness (QED) is 0.548. The summed E-state index contributed by atoms with van der Waals surface area (Å²) in [7, 11) is 0. The van der Waals surface area contributed by atoms with Gasteiger partial charge in [0.1, 0.15) is 0 Å². The summed E-state index contributed by atoms with van der Waals surface area (Å²) in [5.41, 5.74) is 2.30. The lowest BCUT2D eigenvalue weighted by molar-refractivity contribution is -0.121. The van der Waals surface area contributed by atoms with Crippen molar-refractivity contribution in [1.29, 1.82) is 0 Å². The minimum atomic E-state index is -0.969. The standard InChI is InChI=1S/C20H32O3/c1-14(2)10-18(21)11-16(4)12-19(22)13-20(5,23)17-8-6-15(3)7-9-17/h6,10,12,17-18,21,23H,7-9,11,13H2,1-5H3/b16-12+/t17-,18-,20+/m0/s1. The van der Waals surface area contributed by atoms with Gasteiger partial charge in [0.25, 0.3) is 0 Å². The molecule has 0 radical (unpaired) electrons. The summed E-state index contributed by atoms with van der Waals surface area (Å²) in [6.45, 7) is 9.60. The molecule has 2 N–H and O–H groups in total. The summed E-state index contributed by atoms with van der Waals surface area (Å²) in [6.07, 6.45) is 8.33. The molecule has 3 atom stereocenters. The van der Waals surface area contributed by atoms with E-state index in [4.69, 9.17) is 0 Å². The van der Waals surface area contributed by atoms with Crippen LogP contribution in [0, 0.1) is 5.92 Å². The van der Waals surface area contributed by atoms with Gasteiger partial charge < -0.3 is 10.2 Å². The molecule has 0 aromatic rings. The highest BCUT2D eigenvalue weighted by Crippen LogP contribution is 2.34. The van der Waals surface area contributed by atoms with Gasteiger partial charge >= 0.3 is 0 Å². The lowest BCUT2D eigenvalue weighted by Gasteiger charge is -2.34. The summed E-state index contributed by atoms with van der Waals surface area (Å²) in [5.74, 6) is 0.0725. The van der Waals surface area contributed by atoms with Crippen molar-refractivity contribution in [2.24, 2.45) is 5.92 Å². The van der Waals surface area contributed by atoms with Crippen LogP contribution in [-0.4, -0.2) is 27.7 Å². The number of carbonyl (C=O) groups excluding carboxylic acids is 1. The van der Waals surface area contributed by atoms with Crippen LogP contribution in [0.5, 0.6) is 0 Å². The van der Waals surface area contributed by atoms with E-state index in [0.717, 1.165) is 30.4 Å². The molecule has 0 saturated carbocycles. The van der Waals surface area contributed by atoms with Crippen LogP contribution in [0.3, 0.4) is 0 Å². The van der Waals surface area contributed by atoms with Crippen molar-refractivity contribution in [2.75, 3.05) is 0 Å². The van der Waals surface area contributed by atoms with Crippen LogP contribution in [0.1, 0.15) is 66.7 Å². The zero-order valence-electron chi connectivity index (χ0n) is 15.2. The van der Waals surface area contributed by atoms with Crippen molar-refractivity contribution >= 4 is 5.78 Å². The Morgan fingerprint density at radius 3 is 2.61 bits per heavy atom. The fraction of sp³-hybridized carbons (Fsp3) is 0.650. The Morgan fingerprint density at radius 2 is 2.09 bits per heavy atom. The first-order valence-corrected chi connectivity index (χ1v) is 8.51. The van der Waals surface area contributed by atoms with E-state index < -0.39 is 11.7 Å². The van der Waals surface area contributed by atoms with Gasteiger partial charge in [0.05, 0.1) is 11.7 Å². The Morgan fingerprint density at radius 1 is 1.43 bits per heavy atom. The second-order valence-electron chi connectivity index (χ2n) is 7.53. The monoisotopic (exact) mass is 320 g/mol. The summed E-state index contributed by atoms with van der Waals surface area (Å²) in [4.78, 5) is 12.2. The first-order valence-electron chi connectivity index (χ1n) is 8.51. The molecule has 23 heavy (non-hydrogen) atoms. The van der Waals surface area contributed by atoms with Gasteiger partial charge in [-0.2, -0.15) is 0 Å². The predicted octanol–water partition coefficient (Wildman–Crippen LogP) is 4.11. The molecule has 3 heteroatoms. The molecule has 0 unspecified atom stereocenters. The zero-order chi connectivity index (χ0) is 17.6. The Hall–Kier alpha value is -1.19. The molecular weight excluding hydrogens is 288 g/mol. The van der Waals surface area contributed by atoms with E-state index in [2.05, 4.69) is 13.0 Å². The molecule has 0 aliphatic heterocycles. The molecule has 0 amide bonds. The van der Waals surface area contributed by atoms with Crippen LogP contribution in [0.4, 0.5) is 0 Å². The van der Waals surface area contributed by atoms with E-state index >= 15 is 0 Å². The highest BCUT2D eigenvalue weighted by molar-refractivity contribution is 5.91. The topological polar surface area (TPSA) is 57.5 Å². The highest BCUT2D eigenvalue weighted by Gasteiger charge is 2.33. The van der Waals surface area contributed by atoms with E-state index in [9.17, 15) is 15.0 Å². The number of rotatable bonds is 7. The molecule has 0 aromatic heterocycles. The average molecular weight is 320 g/mol. The maximum atomic E-state index is 12.2. The van der Waals surface area contributed by atoms with E-state index in [-0.39, 0.29) is 18.1 Å². The average Bonchev–Trinajstić information content (AvgIpc) is 2.36. The lowest BCUT2D eigenvalue weighted by Crippen LogP contribution is -2.37. The van der Waals surface area contributed by atoms with Gasteiger partial charge in [0, 0.05) is 6.42 Å². The Kier molecular flexibility index (Phi) is 7.43. The van der Waals surface area contributed by atoms with E-state index in [1.165, 1.54) is 5.57 Å². The molecule has 1 rings (SSSR count). The first-order chi connectivity index (χ1) is 10.6. The first kappa shape index (κ1) is 19.9. The SMILES string of the molecule is CC(C)=C[C@H](O)C/C(C)=C/C(=O)C[C@@](C)(O)[C@H]1CC=C(C)CC1. The number of carbonyl (C=O) groups is 1. The Labute approximate surface area is 140 Å². The molecule has 1 aliphatic carbocycles. The molecule has 0 heterocycles. The van der Waals surface area contributed by atoms with Crippen molar-refractivity contribution < 1.29 is 15.0 Å². The third kappa shape index (κ3) is 7.28. The number of hydrogen-bond acceptors (Lipinski definition) is 3. The van der Waals surface area contributed by atoms with Crippen LogP contribution in [0.2, 0.25) is 0 Å². The van der Waals surface area contributed by atoms with Gasteiger partial charge in [-0.15, -0.1) is 0 Å². The molecular formula is C20H32O3. The van der Waals surface area contributed by atoms with Crippen LogP contribution in [0.15, 0.2) is 34.9 Å². The van der Waals surface area contributed by atoms with Gasteiger partial charge in [-0.25, -0.2) is 0 Å². The third-order valence-electron chi connectivity index (χ3n) is 4.51. The fourth-order valence-electron chi connectivity index (χ4n) is 3.19. The molecule has 0 bridgehead atoms. The van der Waals surface area contributed by atoms with Crippen LogP contribution in [0.25, 0.3) is 0 Å². The Balaban J connectivity index is 2.60. The number of aliphatic hydroxyl groups is 2. The molecule has 130 valence electrons. The smallest absolute Gasteiger partial charge is 0.158 e. The number of ketones is 1. The molecule has 0 spiro atoms. The van der Waals surface area contributed by atoms with Crippen LogP contribution in [-0.2, 0) is 4.79 Å². The van der Waals surface area contributed by atoms with Crippen molar-refractivity contribution in [1.82, 2.24) is 0 Å². The van der Waals surface area contributed by atoms with Crippen LogP contribution < -0.4 is 0 Å². The molecule has 3 nitrogen and oxygen atoms in total. The van der Waals surface area contributed by atoms with E-state index in [1.807, 2.05) is 20.8 Å². The summed E-state index contributed by atoms with van der Waals surface area (Å²) in [5, 5.41) is 20.6. The van der Waals surface area contributed by atoms with E-state index in [1.54, 1.807) is 19.1 Å². The maximum Gasteiger partial charge on any atom is 0.158 e. The molecule has 0 saturated heterocycles. The maximum absolute atomic E-state index is 12.2. The van der Waals surface area contributed by atoms with Gasteiger partial charge in [0.2, 0.25) is 0 Å². The van der Waals surface area contributed by atoms with Crippen molar-refractivity contribution in [2.45, 2.75) is 78.4 Å². The number of aliphatic hydroxyl groups excluding tert-OH is 1. The number of hydrogen-bond donors (Lipinski definition) is 2. The summed E-state index contributed by atoms with van der Waals surface area (Å²) < 4.78 is 0. The minimum Gasteiger partial charge on any atom is -0.389 e. The summed E-state index contributed by atoms with van der Waals surface area (Å²) >= 11 is 0. The van der Waals surface area contributed by atoms with Gasteiger partial charge in [-0.05, 0) is 72.3 Å². The minimum absolute atomic E-state index is 0.0665. The highest BCUT2D eigenvalue weighted by atomic mass is 16.3. The molecule has 0 aromatic carbocycles. The van der Waals surface area contributed by atoms with Crippen molar-refractivity contribution in [3.05, 3.63) is 34.9 Å². The molecule has 1 aliphatic rings. The third-order valence-corrected chi connectivity index (χ3v) is 4.51. The normalized spacial score (nSPS) is 22.8. The lowest BCUT2D eigenvalue weighted by atomic mass is 9.76. The van der Waals surface area contributed by atoms with E-state index in [0.29, 0.717) is 6.42 Å². The Bertz CT molecular complexity index is 505. The summed E-state index contributed by atoms with van der Waals surface area (Å²) in [6, 6.07) is 0. The molecule has 0 fully saturated rings. The fourth-order valence-corrected chi connectivity index (χ4v) is 3.19. The largest absolute Gasteiger partial charge is 0.389 e. The van der Waals surface area contributed by atoms with Gasteiger partial charge in [0.15, 0.2) is 5.78 Å². The van der Waals surface area contributed by atoms with Gasteiger partial charge in [-0.3, -0.25) is 4.79 Å². The van der Waals surface area contributed by atoms with Crippen LogP contribution >= 0.6 is 0 Å². The number of allylic oxidation sites excluding steroid dienone is 4. The zero-order valence-corrected chi connectivity index (χ0v) is 15.2. The second kappa shape index (κ2) is 8.60. The predicted molar refractivity (Wildman–Crippen MR) is 95.2 cm³/mol. The van der Waals surface area contributed by atoms with Crippen molar-refractivity contribution in [3.63, 3.8) is 0 Å².